The van der Waals surface area contributed by atoms with Gasteiger partial charge in [0.2, 0.25) is 0 Å². The van der Waals surface area contributed by atoms with Gasteiger partial charge in [0.05, 0.1) is 0 Å². The van der Waals surface area contributed by atoms with Gasteiger partial charge in [-0.25, -0.2) is 0 Å². The summed E-state index contributed by atoms with van der Waals surface area (Å²) in [6, 6.07) is 0. The highest BCUT2D eigenvalue weighted by molar-refractivity contribution is 5.40. The molecule has 0 nitrogen and oxygen atoms in total. The Labute approximate surface area is 105 Å². The van der Waals surface area contributed by atoms with Gasteiger partial charge < -0.3 is 0 Å². The third kappa shape index (κ3) is 4.86. The normalized spacial score (nSPS) is 15.4. The molecule has 0 radical (unpaired) electrons. The van der Waals surface area contributed by atoms with Crippen LogP contribution in [-0.2, 0) is 0 Å². The zero-order valence-electron chi connectivity index (χ0n) is 11.1. The Balaban J connectivity index is 2.56. The van der Waals surface area contributed by atoms with Crippen molar-refractivity contribution in [3.05, 3.63) is 71.9 Å². The topological polar surface area (TPSA) is 0 Å². The SMILES string of the molecule is C=C(C)/C=C\C(=C)CC(=C)C1=CC=C(C)CC1. The summed E-state index contributed by atoms with van der Waals surface area (Å²) < 4.78 is 0. The molecule has 0 bridgehead atoms. The van der Waals surface area contributed by atoms with Crippen molar-refractivity contribution in [2.45, 2.75) is 33.1 Å². The summed E-state index contributed by atoms with van der Waals surface area (Å²) >= 11 is 0. The Morgan fingerprint density at radius 3 is 2.41 bits per heavy atom. The summed E-state index contributed by atoms with van der Waals surface area (Å²) in [6.45, 7) is 16.2. The molecule has 0 aromatic rings. The van der Waals surface area contributed by atoms with Crippen molar-refractivity contribution in [1.29, 1.82) is 0 Å². The molecule has 0 aliphatic heterocycles. The first-order valence-electron chi connectivity index (χ1n) is 6.05. The third-order valence-electron chi connectivity index (χ3n) is 2.86. The van der Waals surface area contributed by atoms with E-state index in [2.05, 4.69) is 38.8 Å². The Morgan fingerprint density at radius 2 is 1.88 bits per heavy atom. The third-order valence-corrected chi connectivity index (χ3v) is 2.86. The van der Waals surface area contributed by atoms with E-state index in [-0.39, 0.29) is 0 Å². The molecule has 1 rings (SSSR count). The highest BCUT2D eigenvalue weighted by Crippen LogP contribution is 2.26. The Morgan fingerprint density at radius 1 is 1.18 bits per heavy atom. The van der Waals surface area contributed by atoms with Gasteiger partial charge in [0.15, 0.2) is 0 Å². The van der Waals surface area contributed by atoms with Crippen molar-refractivity contribution in [1.82, 2.24) is 0 Å². The Bertz CT molecular complexity index is 425. The van der Waals surface area contributed by atoms with Gasteiger partial charge in [-0.1, -0.05) is 60.8 Å². The summed E-state index contributed by atoms with van der Waals surface area (Å²) in [6.07, 6.45) is 11.5. The van der Waals surface area contributed by atoms with Crippen LogP contribution in [0.5, 0.6) is 0 Å². The van der Waals surface area contributed by atoms with E-state index in [0.717, 1.165) is 30.4 Å². The molecule has 0 fully saturated rings. The first kappa shape index (κ1) is 13.5. The molecule has 0 spiro atoms. The predicted octanol–water partition coefficient (Wildman–Crippen LogP) is 5.29. The molecule has 0 unspecified atom stereocenters. The van der Waals surface area contributed by atoms with E-state index in [9.17, 15) is 0 Å². The molecule has 0 amide bonds. The van der Waals surface area contributed by atoms with Crippen molar-refractivity contribution >= 4 is 0 Å². The molecule has 0 heterocycles. The highest BCUT2D eigenvalue weighted by Gasteiger charge is 2.07. The van der Waals surface area contributed by atoms with Gasteiger partial charge in [0.25, 0.3) is 0 Å². The van der Waals surface area contributed by atoms with E-state index in [1.54, 1.807) is 0 Å². The van der Waals surface area contributed by atoms with Crippen molar-refractivity contribution in [2.24, 2.45) is 0 Å². The largest absolute Gasteiger partial charge is 0.0961 e. The fourth-order valence-corrected chi connectivity index (χ4v) is 1.74. The first-order valence-corrected chi connectivity index (χ1v) is 6.05. The van der Waals surface area contributed by atoms with Crippen molar-refractivity contribution in [3.63, 3.8) is 0 Å². The lowest BCUT2D eigenvalue weighted by Gasteiger charge is -2.14. The van der Waals surface area contributed by atoms with Gasteiger partial charge in [0.1, 0.15) is 0 Å². The van der Waals surface area contributed by atoms with Crippen molar-refractivity contribution in [2.75, 3.05) is 0 Å². The molecule has 0 saturated heterocycles. The molecule has 1 aliphatic rings. The molecule has 90 valence electrons. The average Bonchev–Trinajstić information content (AvgIpc) is 2.27. The maximum atomic E-state index is 4.16. The van der Waals surface area contributed by atoms with E-state index in [0.29, 0.717) is 0 Å². The Hall–Kier alpha value is -1.56. The van der Waals surface area contributed by atoms with Crippen LogP contribution >= 0.6 is 0 Å². The first-order chi connectivity index (χ1) is 7.99. The number of allylic oxidation sites excluding steroid dienone is 9. The van der Waals surface area contributed by atoms with Crippen LogP contribution in [0, 0.1) is 0 Å². The maximum Gasteiger partial charge on any atom is -0.00348 e. The van der Waals surface area contributed by atoms with Crippen LogP contribution in [0.1, 0.15) is 33.1 Å². The summed E-state index contributed by atoms with van der Waals surface area (Å²) in [7, 11) is 0. The second-order valence-electron chi connectivity index (χ2n) is 4.82. The van der Waals surface area contributed by atoms with Gasteiger partial charge in [-0.15, -0.1) is 0 Å². The van der Waals surface area contributed by atoms with Crippen LogP contribution in [0.25, 0.3) is 0 Å². The second kappa shape index (κ2) is 6.24. The van der Waals surface area contributed by atoms with Crippen LogP contribution in [0.4, 0.5) is 0 Å². The quantitative estimate of drug-likeness (QED) is 0.559. The van der Waals surface area contributed by atoms with Crippen LogP contribution in [0.2, 0.25) is 0 Å². The maximum absolute atomic E-state index is 4.16. The zero-order chi connectivity index (χ0) is 12.8. The van der Waals surface area contributed by atoms with Gasteiger partial charge in [-0.3, -0.25) is 0 Å². The molecular formula is C17H22. The lowest BCUT2D eigenvalue weighted by Crippen LogP contribution is -1.95. The van der Waals surface area contributed by atoms with E-state index in [4.69, 9.17) is 0 Å². The van der Waals surface area contributed by atoms with Gasteiger partial charge in [0, 0.05) is 0 Å². The lowest BCUT2D eigenvalue weighted by molar-refractivity contribution is 0.902. The average molecular weight is 226 g/mol. The van der Waals surface area contributed by atoms with E-state index in [1.165, 1.54) is 16.7 Å². The van der Waals surface area contributed by atoms with Gasteiger partial charge in [-0.2, -0.15) is 0 Å². The van der Waals surface area contributed by atoms with Crippen LogP contribution in [0.3, 0.4) is 0 Å². The molecule has 0 saturated carbocycles. The minimum absolute atomic E-state index is 0.850. The highest BCUT2D eigenvalue weighted by atomic mass is 14.1. The molecule has 0 atom stereocenters. The minimum atomic E-state index is 0.850. The zero-order valence-corrected chi connectivity index (χ0v) is 11.1. The fourth-order valence-electron chi connectivity index (χ4n) is 1.74. The molecule has 17 heavy (non-hydrogen) atoms. The van der Waals surface area contributed by atoms with Gasteiger partial charge in [-0.05, 0) is 44.3 Å². The predicted molar refractivity (Wildman–Crippen MR) is 77.9 cm³/mol. The van der Waals surface area contributed by atoms with E-state index in [1.807, 2.05) is 19.1 Å². The van der Waals surface area contributed by atoms with Crippen LogP contribution in [-0.4, -0.2) is 0 Å². The summed E-state index contributed by atoms with van der Waals surface area (Å²) in [4.78, 5) is 0. The molecule has 0 heteroatoms. The molecule has 0 N–H and O–H groups in total. The second-order valence-corrected chi connectivity index (χ2v) is 4.82. The number of hydrogen-bond acceptors (Lipinski definition) is 0. The number of rotatable bonds is 5. The molecule has 0 aromatic carbocycles. The summed E-state index contributed by atoms with van der Waals surface area (Å²) in [5.74, 6) is 0. The number of hydrogen-bond donors (Lipinski definition) is 0. The van der Waals surface area contributed by atoms with E-state index >= 15 is 0 Å². The summed E-state index contributed by atoms with van der Waals surface area (Å²) in [5, 5.41) is 0. The van der Waals surface area contributed by atoms with E-state index < -0.39 is 0 Å². The van der Waals surface area contributed by atoms with Gasteiger partial charge >= 0.3 is 0 Å². The standard InChI is InChI=1S/C17H22/c1-13(2)6-7-15(4)12-16(5)17-10-8-14(3)9-11-17/h6-8,10H,1,4-5,9,11-12H2,2-3H3/b7-6-. The Kier molecular flexibility index (Phi) is 4.96. The lowest BCUT2D eigenvalue weighted by atomic mass is 9.91. The van der Waals surface area contributed by atoms with Crippen LogP contribution < -0.4 is 0 Å². The smallest absolute Gasteiger partial charge is 0.00348 e. The van der Waals surface area contributed by atoms with Crippen LogP contribution in [0.15, 0.2) is 71.9 Å². The fraction of sp³-hybridized carbons (Fsp3) is 0.294. The van der Waals surface area contributed by atoms with Crippen molar-refractivity contribution in [3.8, 4) is 0 Å². The van der Waals surface area contributed by atoms with Crippen molar-refractivity contribution < 1.29 is 0 Å². The minimum Gasteiger partial charge on any atom is -0.0961 e. The molecule has 0 aromatic heterocycles. The molecular weight excluding hydrogens is 204 g/mol. The summed E-state index contributed by atoms with van der Waals surface area (Å²) in [5.41, 5.74) is 6.13. The molecule has 1 aliphatic carbocycles. The monoisotopic (exact) mass is 226 g/mol.